The van der Waals surface area contributed by atoms with Gasteiger partial charge in [-0.1, -0.05) is 43.6 Å². The van der Waals surface area contributed by atoms with E-state index in [4.69, 9.17) is 16.3 Å². The standard InChI is InChI=1S/C23H29ClN4O5/c1-14(2)13-27-23(24)17(16(5)26-27)10-11-21(29)25-19(12-22(30)33-15(3)4)18-8-6-7-9-20(18)28(31)32/h6-11,14-15,19H,12-13H2,1-5H3,(H,25,29). The summed E-state index contributed by atoms with van der Waals surface area (Å²) in [7, 11) is 0. The molecule has 1 unspecified atom stereocenters. The van der Waals surface area contributed by atoms with Gasteiger partial charge in [0.2, 0.25) is 5.91 Å². The third kappa shape index (κ3) is 7.42. The second-order valence-corrected chi connectivity index (χ2v) is 8.68. The van der Waals surface area contributed by atoms with Crippen molar-refractivity contribution < 1.29 is 19.2 Å². The van der Waals surface area contributed by atoms with Crippen LogP contribution in [0.2, 0.25) is 5.15 Å². The lowest BCUT2D eigenvalue weighted by atomic mass is 10.0. The Bertz CT molecular complexity index is 1050. The molecule has 0 radical (unpaired) electrons. The first-order valence-corrected chi connectivity index (χ1v) is 11.0. The quantitative estimate of drug-likeness (QED) is 0.231. The van der Waals surface area contributed by atoms with E-state index in [1.54, 1.807) is 37.6 Å². The fraction of sp³-hybridized carbons (Fsp3) is 0.435. The van der Waals surface area contributed by atoms with Crippen LogP contribution >= 0.6 is 11.6 Å². The number of hydrogen-bond donors (Lipinski definition) is 1. The van der Waals surface area contributed by atoms with Crippen LogP contribution in [0.15, 0.2) is 30.3 Å². The number of carbonyl (C=O) groups is 2. The number of para-hydroxylation sites is 1. The largest absolute Gasteiger partial charge is 0.463 e. The molecule has 0 bridgehead atoms. The fourth-order valence-electron chi connectivity index (χ4n) is 3.27. The smallest absolute Gasteiger partial charge is 0.308 e. The summed E-state index contributed by atoms with van der Waals surface area (Å²) in [6.45, 7) is 9.91. The molecule has 2 aromatic rings. The maximum absolute atomic E-state index is 12.7. The number of esters is 1. The molecule has 0 saturated heterocycles. The lowest BCUT2D eigenvalue weighted by Crippen LogP contribution is -2.30. The molecule has 1 amide bonds. The minimum atomic E-state index is -0.949. The molecule has 33 heavy (non-hydrogen) atoms. The van der Waals surface area contributed by atoms with E-state index in [2.05, 4.69) is 10.4 Å². The molecule has 1 aromatic heterocycles. The average molecular weight is 477 g/mol. The van der Waals surface area contributed by atoms with Gasteiger partial charge in [0.25, 0.3) is 5.69 Å². The van der Waals surface area contributed by atoms with Crippen LogP contribution in [-0.2, 0) is 20.9 Å². The van der Waals surface area contributed by atoms with Crippen molar-refractivity contribution in [3.8, 4) is 0 Å². The first kappa shape index (κ1) is 26.1. The Morgan fingerprint density at radius 3 is 2.55 bits per heavy atom. The molecule has 1 atom stereocenters. The highest BCUT2D eigenvalue weighted by atomic mass is 35.5. The summed E-state index contributed by atoms with van der Waals surface area (Å²) in [6.07, 6.45) is 2.20. The van der Waals surface area contributed by atoms with Gasteiger partial charge in [0, 0.05) is 24.3 Å². The van der Waals surface area contributed by atoms with Gasteiger partial charge in [0.1, 0.15) is 5.15 Å². The van der Waals surface area contributed by atoms with Crippen molar-refractivity contribution in [1.82, 2.24) is 15.1 Å². The second-order valence-electron chi connectivity index (χ2n) is 8.32. The molecule has 9 nitrogen and oxygen atoms in total. The van der Waals surface area contributed by atoms with Gasteiger partial charge in [-0.3, -0.25) is 24.4 Å². The monoisotopic (exact) mass is 476 g/mol. The van der Waals surface area contributed by atoms with Gasteiger partial charge in [-0.25, -0.2) is 0 Å². The van der Waals surface area contributed by atoms with Crippen LogP contribution < -0.4 is 5.32 Å². The van der Waals surface area contributed by atoms with Crippen molar-refractivity contribution in [2.24, 2.45) is 5.92 Å². The van der Waals surface area contributed by atoms with E-state index in [1.165, 1.54) is 24.3 Å². The van der Waals surface area contributed by atoms with Gasteiger partial charge >= 0.3 is 5.97 Å². The third-order valence-corrected chi connectivity index (χ3v) is 5.01. The average Bonchev–Trinajstić information content (AvgIpc) is 2.97. The van der Waals surface area contributed by atoms with Crippen LogP contribution in [0.4, 0.5) is 5.69 Å². The number of rotatable bonds is 10. The van der Waals surface area contributed by atoms with Gasteiger partial charge in [-0.05, 0) is 32.8 Å². The number of ether oxygens (including phenoxy) is 1. The molecule has 178 valence electrons. The third-order valence-electron chi connectivity index (χ3n) is 4.61. The molecule has 0 aliphatic rings. The Morgan fingerprint density at radius 1 is 1.27 bits per heavy atom. The minimum absolute atomic E-state index is 0.196. The Labute approximate surface area is 197 Å². The number of nitro groups is 1. The number of nitro benzene ring substituents is 1. The lowest BCUT2D eigenvalue weighted by Gasteiger charge is -2.18. The summed E-state index contributed by atoms with van der Waals surface area (Å²) in [4.78, 5) is 35.9. The summed E-state index contributed by atoms with van der Waals surface area (Å²) in [5.41, 5.74) is 1.29. The lowest BCUT2D eigenvalue weighted by molar-refractivity contribution is -0.385. The first-order chi connectivity index (χ1) is 15.5. The zero-order valence-corrected chi connectivity index (χ0v) is 20.1. The van der Waals surface area contributed by atoms with Crippen molar-refractivity contribution in [2.75, 3.05) is 0 Å². The normalized spacial score (nSPS) is 12.4. The number of nitrogens with one attached hydrogen (secondary N) is 1. The SMILES string of the molecule is Cc1nn(CC(C)C)c(Cl)c1C=CC(=O)NC(CC(=O)OC(C)C)c1ccccc1[N+](=O)[O-]. The van der Waals surface area contributed by atoms with Gasteiger partial charge < -0.3 is 10.1 Å². The van der Waals surface area contributed by atoms with Crippen molar-refractivity contribution >= 4 is 35.2 Å². The highest BCUT2D eigenvalue weighted by Gasteiger charge is 2.26. The molecular weight excluding hydrogens is 448 g/mol. The van der Waals surface area contributed by atoms with Crippen LogP contribution in [0.5, 0.6) is 0 Å². The fourth-order valence-corrected chi connectivity index (χ4v) is 3.57. The van der Waals surface area contributed by atoms with Gasteiger partial charge in [-0.2, -0.15) is 5.10 Å². The number of carbonyl (C=O) groups excluding carboxylic acids is 2. The highest BCUT2D eigenvalue weighted by Crippen LogP contribution is 2.28. The molecular formula is C23H29ClN4O5. The van der Waals surface area contributed by atoms with Crippen molar-refractivity contribution in [1.29, 1.82) is 0 Å². The number of nitrogens with zero attached hydrogens (tertiary/aromatic N) is 3. The van der Waals surface area contributed by atoms with Crippen molar-refractivity contribution in [3.63, 3.8) is 0 Å². The summed E-state index contributed by atoms with van der Waals surface area (Å²) in [5, 5.41) is 19.0. The Balaban J connectivity index is 2.28. The number of hydrogen-bond acceptors (Lipinski definition) is 6. The molecule has 2 rings (SSSR count). The first-order valence-electron chi connectivity index (χ1n) is 10.6. The molecule has 10 heteroatoms. The molecule has 0 saturated carbocycles. The topological polar surface area (TPSA) is 116 Å². The van der Waals surface area contributed by atoms with E-state index in [0.717, 1.165) is 0 Å². The van der Waals surface area contributed by atoms with Crippen LogP contribution in [0.1, 0.15) is 57.0 Å². The van der Waals surface area contributed by atoms with Crippen LogP contribution in [0.25, 0.3) is 6.08 Å². The van der Waals surface area contributed by atoms with Crippen LogP contribution in [0, 0.1) is 23.0 Å². The number of aromatic nitrogens is 2. The molecule has 1 heterocycles. The minimum Gasteiger partial charge on any atom is -0.463 e. The van der Waals surface area contributed by atoms with E-state index in [0.29, 0.717) is 28.9 Å². The van der Waals surface area contributed by atoms with Gasteiger partial charge in [-0.15, -0.1) is 0 Å². The van der Waals surface area contributed by atoms with Gasteiger partial charge in [0.05, 0.1) is 34.7 Å². The van der Waals surface area contributed by atoms with Crippen LogP contribution in [0.3, 0.4) is 0 Å². The summed E-state index contributed by atoms with van der Waals surface area (Å²) in [5.74, 6) is -0.774. The summed E-state index contributed by atoms with van der Waals surface area (Å²) in [6, 6.07) is 5.01. The number of halogens is 1. The van der Waals surface area contributed by atoms with Gasteiger partial charge in [0.15, 0.2) is 0 Å². The molecule has 0 fully saturated rings. The van der Waals surface area contributed by atoms with Crippen molar-refractivity contribution in [3.05, 3.63) is 62.4 Å². The highest BCUT2D eigenvalue weighted by molar-refractivity contribution is 6.31. The van der Waals surface area contributed by atoms with E-state index in [1.807, 2.05) is 13.8 Å². The van der Waals surface area contributed by atoms with E-state index in [-0.39, 0.29) is 23.8 Å². The maximum atomic E-state index is 12.7. The zero-order valence-electron chi connectivity index (χ0n) is 19.4. The predicted octanol–water partition coefficient (Wildman–Crippen LogP) is 4.62. The second kappa shape index (κ2) is 11.6. The van der Waals surface area contributed by atoms with E-state index in [9.17, 15) is 19.7 Å². The molecule has 0 aliphatic heterocycles. The summed E-state index contributed by atoms with van der Waals surface area (Å²) >= 11 is 6.41. The molecule has 0 spiro atoms. The van der Waals surface area contributed by atoms with Crippen LogP contribution in [-0.4, -0.2) is 32.7 Å². The van der Waals surface area contributed by atoms with E-state index >= 15 is 0 Å². The number of aryl methyl sites for hydroxylation is 1. The van der Waals surface area contributed by atoms with Crippen molar-refractivity contribution in [2.45, 2.75) is 59.7 Å². The predicted molar refractivity (Wildman–Crippen MR) is 126 cm³/mol. The Kier molecular flexibility index (Phi) is 9.16. The molecule has 1 N–H and O–H groups in total. The molecule has 0 aliphatic carbocycles. The maximum Gasteiger partial charge on any atom is 0.308 e. The van der Waals surface area contributed by atoms with E-state index < -0.39 is 22.8 Å². The number of benzene rings is 1. The number of amides is 1. The summed E-state index contributed by atoms with van der Waals surface area (Å²) < 4.78 is 6.85. The molecule has 1 aromatic carbocycles. The zero-order chi connectivity index (χ0) is 24.7. The Morgan fingerprint density at radius 2 is 1.94 bits per heavy atom. The Hall–Kier alpha value is -3.20.